The van der Waals surface area contributed by atoms with E-state index in [4.69, 9.17) is 16.0 Å². The first-order valence-electron chi connectivity index (χ1n) is 10.7. The quantitative estimate of drug-likeness (QED) is 0.303. The van der Waals surface area contributed by atoms with Crippen LogP contribution in [0.2, 0.25) is 5.02 Å². The maximum atomic E-state index is 13.4. The maximum Gasteiger partial charge on any atom is 0.295 e. The van der Waals surface area contributed by atoms with Crippen LogP contribution in [0.25, 0.3) is 11.0 Å². The minimum absolute atomic E-state index is 0.0228. The van der Waals surface area contributed by atoms with Gasteiger partial charge in [0.15, 0.2) is 0 Å². The van der Waals surface area contributed by atoms with E-state index in [0.717, 1.165) is 5.56 Å². The molecule has 0 spiro atoms. The zero-order chi connectivity index (χ0) is 25.6. The summed E-state index contributed by atoms with van der Waals surface area (Å²) >= 11 is 6.10. The zero-order valence-corrected chi connectivity index (χ0v) is 22.0. The molecule has 0 amide bonds. The molecule has 1 heterocycles. The molecule has 1 aromatic heterocycles. The Balaban J connectivity index is 1.71. The third-order valence-corrected chi connectivity index (χ3v) is 8.44. The summed E-state index contributed by atoms with van der Waals surface area (Å²) in [5.41, 5.74) is 1.55. The van der Waals surface area contributed by atoms with Gasteiger partial charge < -0.3 is 4.42 Å². The minimum Gasteiger partial charge on any atom is -0.443 e. The fourth-order valence-electron chi connectivity index (χ4n) is 3.53. The van der Waals surface area contributed by atoms with Crippen LogP contribution in [-0.2, 0) is 25.5 Å². The van der Waals surface area contributed by atoms with Crippen molar-refractivity contribution >= 4 is 54.0 Å². The standard InChI is InChI=1S/C25H25ClN2O5S2/c1-16-9-10-18(25(2,3)4)14-23(16)34(29,30)27-20-12-11-19(26)15-21(20)28-35(31,32)24-13-17-7-5-6-8-22(17)33-24/h5-15,27-28H,1-4H3. The molecule has 3 aromatic carbocycles. The molecule has 0 fully saturated rings. The Kier molecular flexibility index (Phi) is 6.37. The molecule has 0 bridgehead atoms. The normalized spacial score (nSPS) is 12.6. The lowest BCUT2D eigenvalue weighted by Crippen LogP contribution is -2.19. The second kappa shape index (κ2) is 8.89. The summed E-state index contributed by atoms with van der Waals surface area (Å²) in [4.78, 5) is 0.103. The second-order valence-electron chi connectivity index (χ2n) is 9.23. The van der Waals surface area contributed by atoms with Crippen LogP contribution in [0.5, 0.6) is 0 Å². The van der Waals surface area contributed by atoms with Crippen molar-refractivity contribution in [3.63, 3.8) is 0 Å². The summed E-state index contributed by atoms with van der Waals surface area (Å²) in [5, 5.41) is 0.538. The van der Waals surface area contributed by atoms with E-state index in [2.05, 4.69) is 9.44 Å². The number of halogens is 1. The van der Waals surface area contributed by atoms with Gasteiger partial charge in [0.2, 0.25) is 5.09 Å². The molecule has 0 saturated heterocycles. The summed E-state index contributed by atoms with van der Waals surface area (Å²) in [6.45, 7) is 7.68. The third kappa shape index (κ3) is 5.32. The third-order valence-electron chi connectivity index (χ3n) is 5.48. The van der Waals surface area contributed by atoms with Crippen LogP contribution in [0.1, 0.15) is 31.9 Å². The van der Waals surface area contributed by atoms with Gasteiger partial charge in [-0.2, -0.15) is 8.42 Å². The first kappa shape index (κ1) is 25.1. The average Bonchev–Trinajstić information content (AvgIpc) is 3.20. The van der Waals surface area contributed by atoms with Crippen molar-refractivity contribution in [1.29, 1.82) is 0 Å². The van der Waals surface area contributed by atoms with Gasteiger partial charge in [-0.05, 0) is 53.8 Å². The number of furan rings is 1. The Labute approximate surface area is 210 Å². The molecular formula is C25H25ClN2O5S2. The Hall–Kier alpha value is -3.01. The van der Waals surface area contributed by atoms with Crippen LogP contribution in [0.4, 0.5) is 11.4 Å². The molecule has 184 valence electrons. The largest absolute Gasteiger partial charge is 0.443 e. The van der Waals surface area contributed by atoms with Gasteiger partial charge in [0, 0.05) is 16.5 Å². The highest BCUT2D eigenvalue weighted by Crippen LogP contribution is 2.33. The van der Waals surface area contributed by atoms with Gasteiger partial charge in [0.05, 0.1) is 16.3 Å². The molecule has 0 atom stereocenters. The number of aryl methyl sites for hydroxylation is 1. The Bertz CT molecular complexity index is 1600. The molecule has 4 rings (SSSR count). The van der Waals surface area contributed by atoms with Crippen LogP contribution in [0.3, 0.4) is 0 Å². The second-order valence-corrected chi connectivity index (χ2v) is 12.9. The summed E-state index contributed by atoms with van der Waals surface area (Å²) in [5.74, 6) is 0. The highest BCUT2D eigenvalue weighted by atomic mass is 35.5. The van der Waals surface area contributed by atoms with Crippen LogP contribution in [0.15, 0.2) is 81.1 Å². The van der Waals surface area contributed by atoms with Gasteiger partial charge in [-0.3, -0.25) is 9.44 Å². The van der Waals surface area contributed by atoms with Crippen molar-refractivity contribution < 1.29 is 21.3 Å². The molecule has 0 radical (unpaired) electrons. The van der Waals surface area contributed by atoms with Crippen LogP contribution < -0.4 is 9.44 Å². The summed E-state index contributed by atoms with van der Waals surface area (Å²) in [6, 6.07) is 17.8. The van der Waals surface area contributed by atoms with Crippen molar-refractivity contribution in [1.82, 2.24) is 0 Å². The maximum absolute atomic E-state index is 13.4. The molecule has 2 N–H and O–H groups in total. The van der Waals surface area contributed by atoms with Gasteiger partial charge in [-0.25, -0.2) is 8.42 Å². The Morgan fingerprint density at radius 2 is 1.49 bits per heavy atom. The molecule has 0 unspecified atom stereocenters. The van der Waals surface area contributed by atoms with E-state index in [9.17, 15) is 16.8 Å². The Morgan fingerprint density at radius 3 is 2.17 bits per heavy atom. The monoisotopic (exact) mass is 532 g/mol. The summed E-state index contributed by atoms with van der Waals surface area (Å²) in [7, 11) is -8.23. The topological polar surface area (TPSA) is 105 Å². The molecule has 0 saturated carbocycles. The fourth-order valence-corrected chi connectivity index (χ4v) is 6.09. The van der Waals surface area contributed by atoms with Gasteiger partial charge in [0.1, 0.15) is 5.58 Å². The van der Waals surface area contributed by atoms with Crippen molar-refractivity contribution in [2.75, 3.05) is 9.44 Å². The van der Waals surface area contributed by atoms with Crippen LogP contribution in [0, 0.1) is 6.92 Å². The van der Waals surface area contributed by atoms with Gasteiger partial charge in [0.25, 0.3) is 20.0 Å². The van der Waals surface area contributed by atoms with E-state index in [1.165, 1.54) is 24.3 Å². The lowest BCUT2D eigenvalue weighted by atomic mass is 9.87. The van der Waals surface area contributed by atoms with Crippen molar-refractivity contribution in [2.24, 2.45) is 0 Å². The van der Waals surface area contributed by atoms with Gasteiger partial charge in [-0.15, -0.1) is 0 Å². The van der Waals surface area contributed by atoms with Gasteiger partial charge >= 0.3 is 0 Å². The van der Waals surface area contributed by atoms with Crippen molar-refractivity contribution in [2.45, 2.75) is 43.1 Å². The first-order chi connectivity index (χ1) is 16.3. The number of hydrogen-bond acceptors (Lipinski definition) is 5. The molecule has 10 heteroatoms. The minimum atomic E-state index is -4.18. The fraction of sp³-hybridized carbons (Fsp3) is 0.200. The molecular weight excluding hydrogens is 508 g/mol. The predicted molar refractivity (Wildman–Crippen MR) is 139 cm³/mol. The number of benzene rings is 3. The first-order valence-corrected chi connectivity index (χ1v) is 14.1. The molecule has 4 aromatic rings. The molecule has 7 nitrogen and oxygen atoms in total. The molecule has 0 aliphatic heterocycles. The van der Waals surface area contributed by atoms with Gasteiger partial charge in [-0.1, -0.05) is 62.7 Å². The van der Waals surface area contributed by atoms with E-state index in [-0.39, 0.29) is 31.8 Å². The SMILES string of the molecule is Cc1ccc(C(C)(C)C)cc1S(=O)(=O)Nc1ccc(Cl)cc1NS(=O)(=O)c1cc2ccccc2o1. The van der Waals surface area contributed by atoms with Crippen molar-refractivity contribution in [3.05, 3.63) is 82.9 Å². The van der Waals surface area contributed by atoms with Crippen LogP contribution >= 0.6 is 11.6 Å². The van der Waals surface area contributed by atoms with E-state index in [0.29, 0.717) is 16.5 Å². The van der Waals surface area contributed by atoms with E-state index < -0.39 is 20.0 Å². The number of para-hydroxylation sites is 1. The molecule has 0 aliphatic rings. The molecule has 35 heavy (non-hydrogen) atoms. The van der Waals surface area contributed by atoms with E-state index in [1.54, 1.807) is 43.3 Å². The highest BCUT2D eigenvalue weighted by molar-refractivity contribution is 7.93. The molecule has 0 aliphatic carbocycles. The highest BCUT2D eigenvalue weighted by Gasteiger charge is 2.25. The van der Waals surface area contributed by atoms with Crippen LogP contribution in [-0.4, -0.2) is 16.8 Å². The number of anilines is 2. The van der Waals surface area contributed by atoms with Crippen molar-refractivity contribution in [3.8, 4) is 0 Å². The summed E-state index contributed by atoms with van der Waals surface area (Å²) in [6.07, 6.45) is 0. The smallest absolute Gasteiger partial charge is 0.295 e. The lowest BCUT2D eigenvalue weighted by Gasteiger charge is -2.21. The summed E-state index contributed by atoms with van der Waals surface area (Å²) < 4.78 is 63.2. The average molecular weight is 533 g/mol. The number of rotatable bonds is 6. The number of sulfonamides is 2. The number of fused-ring (bicyclic) bond motifs is 1. The van der Waals surface area contributed by atoms with E-state index in [1.807, 2.05) is 26.8 Å². The number of nitrogens with one attached hydrogen (secondary N) is 2. The number of hydrogen-bond donors (Lipinski definition) is 2. The lowest BCUT2D eigenvalue weighted by molar-refractivity contribution is 0.484. The van der Waals surface area contributed by atoms with E-state index >= 15 is 0 Å². The predicted octanol–water partition coefficient (Wildman–Crippen LogP) is 6.29. The Morgan fingerprint density at radius 1 is 0.800 bits per heavy atom. The zero-order valence-electron chi connectivity index (χ0n) is 19.6.